The maximum absolute atomic E-state index is 13.9. The van der Waals surface area contributed by atoms with Crippen LogP contribution in [-0.2, 0) is 22.5 Å². The van der Waals surface area contributed by atoms with E-state index in [4.69, 9.17) is 9.47 Å². The third kappa shape index (κ3) is 6.78. The molecule has 4 rings (SSSR count). The molecule has 1 fully saturated rings. The van der Waals surface area contributed by atoms with Crippen molar-refractivity contribution >= 4 is 5.91 Å². The van der Waals surface area contributed by atoms with E-state index in [0.29, 0.717) is 57.7 Å². The van der Waals surface area contributed by atoms with E-state index in [1.807, 2.05) is 23.1 Å². The van der Waals surface area contributed by atoms with Gasteiger partial charge in [0.25, 0.3) is 0 Å². The zero-order chi connectivity index (χ0) is 23.9. The van der Waals surface area contributed by atoms with Gasteiger partial charge in [-0.25, -0.2) is 4.39 Å². The lowest BCUT2D eigenvalue weighted by Gasteiger charge is -2.37. The fourth-order valence-corrected chi connectivity index (χ4v) is 4.61. The predicted molar refractivity (Wildman–Crippen MR) is 131 cm³/mol. The van der Waals surface area contributed by atoms with E-state index < -0.39 is 0 Å². The van der Waals surface area contributed by atoms with Crippen LogP contribution in [0.5, 0.6) is 5.75 Å². The van der Waals surface area contributed by atoms with Crippen LogP contribution >= 0.6 is 0 Å². The predicted octanol–water partition coefficient (Wildman–Crippen LogP) is 3.18. The highest BCUT2D eigenvalue weighted by Crippen LogP contribution is 2.24. The number of amides is 1. The van der Waals surface area contributed by atoms with Gasteiger partial charge in [0.05, 0.1) is 19.8 Å². The molecule has 0 aromatic heterocycles. The van der Waals surface area contributed by atoms with Crippen LogP contribution in [0.1, 0.15) is 30.5 Å². The Hall–Kier alpha value is -2.48. The van der Waals surface area contributed by atoms with Crippen molar-refractivity contribution in [2.75, 3.05) is 59.1 Å². The van der Waals surface area contributed by atoms with Crippen molar-refractivity contribution in [1.29, 1.82) is 0 Å². The molecule has 34 heavy (non-hydrogen) atoms. The number of hydrogen-bond acceptors (Lipinski definition) is 5. The molecule has 6 nitrogen and oxygen atoms in total. The summed E-state index contributed by atoms with van der Waals surface area (Å²) in [5.74, 6) is 0.534. The molecule has 0 radical (unpaired) electrons. The molecule has 1 saturated heterocycles. The Labute approximate surface area is 202 Å². The Kier molecular flexibility index (Phi) is 8.53. The Morgan fingerprint density at radius 2 is 1.76 bits per heavy atom. The molecule has 0 N–H and O–H groups in total. The molecule has 0 atom stereocenters. The Balaban J connectivity index is 1.46. The fourth-order valence-electron chi connectivity index (χ4n) is 4.61. The van der Waals surface area contributed by atoms with Gasteiger partial charge in [0, 0.05) is 57.3 Å². The van der Waals surface area contributed by atoms with Gasteiger partial charge in [-0.05, 0) is 43.2 Å². The minimum absolute atomic E-state index is 0.128. The van der Waals surface area contributed by atoms with E-state index >= 15 is 0 Å². The summed E-state index contributed by atoms with van der Waals surface area (Å²) in [6.45, 7) is 11.0. The lowest BCUT2D eigenvalue weighted by Crippen LogP contribution is -2.51. The molecular weight excluding hydrogens is 433 g/mol. The van der Waals surface area contributed by atoms with E-state index in [1.54, 1.807) is 6.07 Å². The molecule has 2 heterocycles. The summed E-state index contributed by atoms with van der Waals surface area (Å²) in [6.07, 6.45) is 0.565. The summed E-state index contributed by atoms with van der Waals surface area (Å²) < 4.78 is 25.6. The number of rotatable bonds is 3. The zero-order valence-corrected chi connectivity index (χ0v) is 20.3. The van der Waals surface area contributed by atoms with E-state index in [2.05, 4.69) is 29.7 Å². The van der Waals surface area contributed by atoms with Crippen LogP contribution in [0.4, 0.5) is 4.39 Å². The van der Waals surface area contributed by atoms with Gasteiger partial charge < -0.3 is 14.4 Å². The third-order valence-electron chi connectivity index (χ3n) is 6.62. The molecule has 0 aliphatic carbocycles. The smallest absolute Gasteiger partial charge is 0.237 e. The number of hydrogen-bond donors (Lipinski definition) is 0. The van der Waals surface area contributed by atoms with Crippen LogP contribution in [0.25, 0.3) is 0 Å². The van der Waals surface area contributed by atoms with Crippen molar-refractivity contribution < 1.29 is 18.7 Å². The zero-order valence-electron chi connectivity index (χ0n) is 20.3. The van der Waals surface area contributed by atoms with Crippen LogP contribution in [-0.4, -0.2) is 85.7 Å². The second kappa shape index (κ2) is 11.8. The van der Waals surface area contributed by atoms with Crippen LogP contribution in [0.2, 0.25) is 0 Å². The van der Waals surface area contributed by atoms with Gasteiger partial charge >= 0.3 is 0 Å². The summed E-state index contributed by atoms with van der Waals surface area (Å²) in [5.41, 5.74) is 2.94. The molecule has 0 saturated carbocycles. The molecule has 0 spiro atoms. The van der Waals surface area contributed by atoms with E-state index in [-0.39, 0.29) is 11.7 Å². The summed E-state index contributed by atoms with van der Waals surface area (Å²) in [6, 6.07) is 13.4. The molecule has 7 heteroatoms. The third-order valence-corrected chi connectivity index (χ3v) is 6.62. The van der Waals surface area contributed by atoms with Gasteiger partial charge in [-0.2, -0.15) is 0 Å². The number of carbonyl (C=O) groups is 1. The monoisotopic (exact) mass is 469 g/mol. The average Bonchev–Trinajstić information content (AvgIpc) is 2.81. The molecule has 2 aliphatic heterocycles. The average molecular weight is 470 g/mol. The normalized spacial score (nSPS) is 18.8. The molecule has 1 amide bonds. The first-order chi connectivity index (χ1) is 16.5. The van der Waals surface area contributed by atoms with Crippen LogP contribution in [0, 0.1) is 5.82 Å². The lowest BCUT2D eigenvalue weighted by atomic mass is 10.0. The van der Waals surface area contributed by atoms with Crippen molar-refractivity contribution in [3.63, 3.8) is 0 Å². The molecular formula is C27H36FN3O3. The summed E-state index contributed by atoms with van der Waals surface area (Å²) in [7, 11) is 0. The van der Waals surface area contributed by atoms with Gasteiger partial charge in [-0.1, -0.05) is 24.3 Å². The standard InChI is InChI=1S/C27H36FN3O3/c1-21(2)30-10-8-29(9-11-30)20-27(32)31-12-13-33-14-15-34-26-7-6-25(28)18-24(26)17-22-4-3-5-23(16-22)19-31/h3-7,16,18,21H,8-15,17,19-20H2,1-2H3. The lowest BCUT2D eigenvalue weighted by molar-refractivity contribution is -0.134. The highest BCUT2D eigenvalue weighted by atomic mass is 19.1. The van der Waals surface area contributed by atoms with Crippen molar-refractivity contribution in [1.82, 2.24) is 14.7 Å². The highest BCUT2D eigenvalue weighted by molar-refractivity contribution is 5.78. The largest absolute Gasteiger partial charge is 0.491 e. The van der Waals surface area contributed by atoms with Crippen LogP contribution in [0.3, 0.4) is 0 Å². The van der Waals surface area contributed by atoms with Gasteiger partial charge in [0.1, 0.15) is 18.2 Å². The van der Waals surface area contributed by atoms with Gasteiger partial charge in [-0.15, -0.1) is 0 Å². The fraction of sp³-hybridized carbons (Fsp3) is 0.519. The van der Waals surface area contributed by atoms with Crippen molar-refractivity contribution in [2.24, 2.45) is 0 Å². The molecule has 184 valence electrons. The van der Waals surface area contributed by atoms with Gasteiger partial charge in [0.2, 0.25) is 5.91 Å². The van der Waals surface area contributed by atoms with Gasteiger partial charge in [0.15, 0.2) is 0 Å². The van der Waals surface area contributed by atoms with Crippen LogP contribution in [0.15, 0.2) is 42.5 Å². The number of ether oxygens (including phenoxy) is 2. The maximum atomic E-state index is 13.9. The second-order valence-corrected chi connectivity index (χ2v) is 9.43. The Morgan fingerprint density at radius 1 is 0.971 bits per heavy atom. The van der Waals surface area contributed by atoms with E-state index in [9.17, 15) is 9.18 Å². The van der Waals surface area contributed by atoms with Crippen molar-refractivity contribution in [2.45, 2.75) is 32.9 Å². The number of fused-ring (bicyclic) bond motifs is 3. The Bertz CT molecular complexity index is 960. The first-order valence-corrected chi connectivity index (χ1v) is 12.3. The molecule has 2 aromatic carbocycles. The molecule has 0 unspecified atom stereocenters. The first-order valence-electron chi connectivity index (χ1n) is 12.3. The van der Waals surface area contributed by atoms with Gasteiger partial charge in [-0.3, -0.25) is 14.6 Å². The molecule has 2 bridgehead atoms. The Morgan fingerprint density at radius 3 is 2.56 bits per heavy atom. The number of halogens is 1. The minimum atomic E-state index is -0.276. The first kappa shape index (κ1) is 24.6. The summed E-state index contributed by atoms with van der Waals surface area (Å²) >= 11 is 0. The molecule has 2 aromatic rings. The SMILES string of the molecule is CC(C)N1CCN(CC(=O)N2CCOCCOc3ccc(F)cc3Cc3cccc(c3)C2)CC1. The summed E-state index contributed by atoms with van der Waals surface area (Å²) in [5, 5.41) is 0. The number of carbonyl (C=O) groups excluding carboxylic acids is 1. The maximum Gasteiger partial charge on any atom is 0.237 e. The summed E-state index contributed by atoms with van der Waals surface area (Å²) in [4.78, 5) is 19.9. The van der Waals surface area contributed by atoms with Crippen LogP contribution < -0.4 is 4.74 Å². The second-order valence-electron chi connectivity index (χ2n) is 9.43. The molecule has 2 aliphatic rings. The van der Waals surface area contributed by atoms with E-state index in [1.165, 1.54) is 12.1 Å². The number of piperazine rings is 1. The van der Waals surface area contributed by atoms with Crippen molar-refractivity contribution in [3.8, 4) is 5.75 Å². The van der Waals surface area contributed by atoms with E-state index in [0.717, 1.165) is 42.9 Å². The van der Waals surface area contributed by atoms with Crippen molar-refractivity contribution in [3.05, 3.63) is 65.0 Å². The quantitative estimate of drug-likeness (QED) is 0.691. The minimum Gasteiger partial charge on any atom is -0.491 e. The number of nitrogens with zero attached hydrogens (tertiary/aromatic N) is 3. The topological polar surface area (TPSA) is 45.2 Å². The number of benzene rings is 2. The highest BCUT2D eigenvalue weighted by Gasteiger charge is 2.23.